The second kappa shape index (κ2) is 8.90. The summed E-state index contributed by atoms with van der Waals surface area (Å²) in [5.41, 5.74) is 2.80. The van der Waals surface area contributed by atoms with Gasteiger partial charge >= 0.3 is 0 Å². The molecule has 3 nitrogen and oxygen atoms in total. The second-order valence-corrected chi connectivity index (χ2v) is 5.24. The van der Waals surface area contributed by atoms with Gasteiger partial charge in [-0.1, -0.05) is 46.5 Å². The molecule has 3 heteroatoms. The summed E-state index contributed by atoms with van der Waals surface area (Å²) in [4.78, 5) is 0. The Morgan fingerprint density at radius 2 is 1.94 bits per heavy atom. The van der Waals surface area contributed by atoms with Gasteiger partial charge in [-0.15, -0.1) is 0 Å². The van der Waals surface area contributed by atoms with Gasteiger partial charge in [0.2, 0.25) is 0 Å². The fraction of sp³-hybridized carbons (Fsp3) is 1.00. The first-order valence-corrected chi connectivity index (χ1v) is 7.09. The molecule has 0 heterocycles. The molecule has 0 aromatic rings. The number of hydrogen-bond acceptors (Lipinski definition) is 3. The quantitative estimate of drug-likeness (QED) is 0.458. The monoisotopic (exact) mass is 244 g/mol. The Bertz CT molecular complexity index is 181. The molecule has 3 N–H and O–H groups in total. The minimum absolute atomic E-state index is 0.158. The highest BCUT2D eigenvalue weighted by Gasteiger charge is 2.33. The van der Waals surface area contributed by atoms with Crippen molar-refractivity contribution < 1.29 is 4.74 Å². The van der Waals surface area contributed by atoms with Gasteiger partial charge in [-0.2, -0.15) is 0 Å². The van der Waals surface area contributed by atoms with Crippen LogP contribution in [0, 0.1) is 5.92 Å². The van der Waals surface area contributed by atoms with Crippen LogP contribution >= 0.6 is 0 Å². The zero-order chi connectivity index (χ0) is 13.3. The molecule has 0 saturated heterocycles. The average molecular weight is 244 g/mol. The number of nitrogens with one attached hydrogen (secondary N) is 1. The third-order valence-corrected chi connectivity index (χ3v) is 4.22. The summed E-state index contributed by atoms with van der Waals surface area (Å²) >= 11 is 0. The van der Waals surface area contributed by atoms with E-state index in [0.29, 0.717) is 0 Å². The van der Waals surface area contributed by atoms with Crippen LogP contribution in [0.3, 0.4) is 0 Å². The molecule has 0 aliphatic heterocycles. The molecular formula is C14H32N2O. The normalized spacial score (nSPS) is 18.7. The van der Waals surface area contributed by atoms with E-state index in [-0.39, 0.29) is 11.6 Å². The smallest absolute Gasteiger partial charge is 0.0813 e. The van der Waals surface area contributed by atoms with Crippen LogP contribution in [0.1, 0.15) is 66.2 Å². The molecule has 0 saturated carbocycles. The first-order chi connectivity index (χ1) is 8.07. The Balaban J connectivity index is 4.44. The van der Waals surface area contributed by atoms with Gasteiger partial charge in [-0.05, 0) is 25.7 Å². The van der Waals surface area contributed by atoms with Crippen LogP contribution in [0.4, 0.5) is 0 Å². The van der Waals surface area contributed by atoms with Gasteiger partial charge in [0.05, 0.1) is 11.6 Å². The Kier molecular flexibility index (Phi) is 8.83. The topological polar surface area (TPSA) is 47.3 Å². The van der Waals surface area contributed by atoms with Gasteiger partial charge in [0.1, 0.15) is 0 Å². The van der Waals surface area contributed by atoms with Gasteiger partial charge < -0.3 is 4.74 Å². The predicted molar refractivity (Wildman–Crippen MR) is 74.7 cm³/mol. The minimum atomic E-state index is -0.158. The molecule has 0 rings (SSSR count). The fourth-order valence-corrected chi connectivity index (χ4v) is 2.34. The largest absolute Gasteiger partial charge is 0.377 e. The van der Waals surface area contributed by atoms with Crippen molar-refractivity contribution >= 4 is 0 Å². The van der Waals surface area contributed by atoms with Crippen LogP contribution in [0.25, 0.3) is 0 Å². The fourth-order valence-electron chi connectivity index (χ4n) is 2.34. The van der Waals surface area contributed by atoms with E-state index < -0.39 is 0 Å². The summed E-state index contributed by atoms with van der Waals surface area (Å²) in [6, 6.07) is 0.235. The van der Waals surface area contributed by atoms with Crippen molar-refractivity contribution in [1.82, 2.24) is 5.43 Å². The molecule has 0 amide bonds. The minimum Gasteiger partial charge on any atom is -0.377 e. The van der Waals surface area contributed by atoms with Gasteiger partial charge in [-0.25, -0.2) is 0 Å². The highest BCUT2D eigenvalue weighted by Crippen LogP contribution is 2.27. The van der Waals surface area contributed by atoms with E-state index in [2.05, 4.69) is 33.1 Å². The first-order valence-electron chi connectivity index (χ1n) is 7.09. The molecule has 3 atom stereocenters. The van der Waals surface area contributed by atoms with E-state index in [1.165, 1.54) is 25.7 Å². The Morgan fingerprint density at radius 1 is 1.29 bits per heavy atom. The molecule has 0 aromatic heterocycles. The Hall–Kier alpha value is -0.120. The highest BCUT2D eigenvalue weighted by molar-refractivity contribution is 4.88. The van der Waals surface area contributed by atoms with Crippen LogP contribution in [0.15, 0.2) is 0 Å². The third-order valence-electron chi connectivity index (χ3n) is 4.22. The van der Waals surface area contributed by atoms with Crippen LogP contribution in [-0.2, 0) is 4.74 Å². The van der Waals surface area contributed by atoms with E-state index >= 15 is 0 Å². The van der Waals surface area contributed by atoms with Crippen molar-refractivity contribution in [2.45, 2.75) is 77.9 Å². The molecule has 0 spiro atoms. The van der Waals surface area contributed by atoms with Crippen molar-refractivity contribution in [2.24, 2.45) is 11.8 Å². The van der Waals surface area contributed by atoms with Gasteiger partial charge in [0.25, 0.3) is 0 Å². The Morgan fingerprint density at radius 3 is 2.29 bits per heavy atom. The standard InChI is InChI=1S/C14H32N2O/c1-6-9-10-12(7-2)11-13(16-15)14(4,8-3)17-5/h12-13,16H,6-11,15H2,1-5H3. The van der Waals surface area contributed by atoms with E-state index in [0.717, 1.165) is 18.8 Å². The zero-order valence-electron chi connectivity index (χ0n) is 12.4. The van der Waals surface area contributed by atoms with Crippen molar-refractivity contribution in [1.29, 1.82) is 0 Å². The molecule has 0 bridgehead atoms. The maximum absolute atomic E-state index is 5.71. The van der Waals surface area contributed by atoms with Crippen molar-refractivity contribution in [3.8, 4) is 0 Å². The molecule has 0 radical (unpaired) electrons. The van der Waals surface area contributed by atoms with Crippen molar-refractivity contribution in [3.05, 3.63) is 0 Å². The first kappa shape index (κ1) is 16.9. The molecule has 0 aromatic carbocycles. The van der Waals surface area contributed by atoms with Crippen molar-refractivity contribution in [3.63, 3.8) is 0 Å². The van der Waals surface area contributed by atoms with Crippen molar-refractivity contribution in [2.75, 3.05) is 7.11 Å². The van der Waals surface area contributed by atoms with Gasteiger partial charge in [0.15, 0.2) is 0 Å². The predicted octanol–water partition coefficient (Wildman–Crippen LogP) is 3.24. The van der Waals surface area contributed by atoms with E-state index in [1.54, 1.807) is 7.11 Å². The van der Waals surface area contributed by atoms with Crippen LogP contribution in [-0.4, -0.2) is 18.8 Å². The van der Waals surface area contributed by atoms with Crippen LogP contribution in [0.5, 0.6) is 0 Å². The van der Waals surface area contributed by atoms with Crippen LogP contribution < -0.4 is 11.3 Å². The molecule has 17 heavy (non-hydrogen) atoms. The van der Waals surface area contributed by atoms with E-state index in [9.17, 15) is 0 Å². The lowest BCUT2D eigenvalue weighted by atomic mass is 9.83. The number of rotatable bonds is 10. The highest BCUT2D eigenvalue weighted by atomic mass is 16.5. The maximum Gasteiger partial charge on any atom is 0.0813 e. The van der Waals surface area contributed by atoms with E-state index in [4.69, 9.17) is 10.6 Å². The summed E-state index contributed by atoms with van der Waals surface area (Å²) in [5, 5.41) is 0. The molecule has 3 unspecified atom stereocenters. The van der Waals surface area contributed by atoms with Gasteiger partial charge in [-0.3, -0.25) is 11.3 Å². The summed E-state index contributed by atoms with van der Waals surface area (Å²) < 4.78 is 5.65. The summed E-state index contributed by atoms with van der Waals surface area (Å²) in [5.74, 6) is 6.46. The summed E-state index contributed by atoms with van der Waals surface area (Å²) in [6.45, 7) is 8.81. The second-order valence-electron chi connectivity index (χ2n) is 5.24. The van der Waals surface area contributed by atoms with Crippen LogP contribution in [0.2, 0.25) is 0 Å². The average Bonchev–Trinajstić information content (AvgIpc) is 2.38. The SMILES string of the molecule is CCCCC(CC)CC(NN)C(C)(CC)OC. The Labute approximate surface area is 107 Å². The molecule has 0 fully saturated rings. The molecule has 104 valence electrons. The molecule has 0 aliphatic carbocycles. The summed E-state index contributed by atoms with van der Waals surface area (Å²) in [6.07, 6.45) is 7.18. The lowest BCUT2D eigenvalue weighted by Crippen LogP contribution is -2.53. The van der Waals surface area contributed by atoms with E-state index in [1.807, 2.05) is 0 Å². The number of nitrogens with two attached hydrogens (primary N) is 1. The maximum atomic E-state index is 5.71. The van der Waals surface area contributed by atoms with Gasteiger partial charge in [0, 0.05) is 7.11 Å². The molecular weight excluding hydrogens is 212 g/mol. The summed E-state index contributed by atoms with van der Waals surface area (Å²) in [7, 11) is 1.78. The number of methoxy groups -OCH3 is 1. The lowest BCUT2D eigenvalue weighted by Gasteiger charge is -2.37. The third kappa shape index (κ3) is 5.36. The number of hydrazine groups is 1. The number of unbranched alkanes of at least 4 members (excludes halogenated alkanes) is 1. The molecule has 0 aliphatic rings. The lowest BCUT2D eigenvalue weighted by molar-refractivity contribution is -0.0356. The number of ether oxygens (including phenoxy) is 1. The number of hydrogen-bond donors (Lipinski definition) is 2. The zero-order valence-corrected chi connectivity index (χ0v) is 12.4.